The summed E-state index contributed by atoms with van der Waals surface area (Å²) in [6, 6.07) is 15.0. The Bertz CT molecular complexity index is 1090. The van der Waals surface area contributed by atoms with E-state index in [1.165, 1.54) is 0 Å². The number of ether oxygens (including phenoxy) is 2. The summed E-state index contributed by atoms with van der Waals surface area (Å²) < 4.78 is 11.1. The molecule has 2 aromatic rings. The number of hydrogen-bond donors (Lipinski definition) is 1. The fourth-order valence-corrected chi connectivity index (χ4v) is 4.81. The first kappa shape index (κ1) is 30.4. The molecule has 1 aliphatic rings. The predicted octanol–water partition coefficient (Wildman–Crippen LogP) is 5.56. The lowest BCUT2D eigenvalue weighted by Crippen LogP contribution is -2.56. The van der Waals surface area contributed by atoms with Crippen LogP contribution in [-0.2, 0) is 20.7 Å². The molecule has 0 aromatic heterocycles. The van der Waals surface area contributed by atoms with E-state index < -0.39 is 23.6 Å². The van der Waals surface area contributed by atoms with Gasteiger partial charge < -0.3 is 14.8 Å². The standard InChI is InChI=1S/C32H44N2O5/c1-22(2)19-20-34-23(3)11-10-14-28(34)29(35)33-27(31(37)39-32(4,5)6)21-24-15-17-26(18-16-24)38-30(36)25-12-8-7-9-13-25/h7-9,12-13,15-18,22-23,27-28H,10-11,14,19-21H2,1-6H3,(H,33,35)/t23?,27-,28?/m0/s1. The predicted molar refractivity (Wildman–Crippen MR) is 153 cm³/mol. The molecule has 0 saturated carbocycles. The summed E-state index contributed by atoms with van der Waals surface area (Å²) in [6.07, 6.45) is 4.11. The van der Waals surface area contributed by atoms with E-state index in [2.05, 4.69) is 31.0 Å². The summed E-state index contributed by atoms with van der Waals surface area (Å²) in [7, 11) is 0. The average molecular weight is 537 g/mol. The smallest absolute Gasteiger partial charge is 0.343 e. The number of nitrogens with one attached hydrogen (secondary N) is 1. The topological polar surface area (TPSA) is 84.9 Å². The van der Waals surface area contributed by atoms with Gasteiger partial charge in [0, 0.05) is 12.5 Å². The molecule has 0 bridgehead atoms. The van der Waals surface area contributed by atoms with E-state index in [9.17, 15) is 14.4 Å². The fraction of sp³-hybridized carbons (Fsp3) is 0.531. The maximum atomic E-state index is 13.6. The molecular weight excluding hydrogens is 492 g/mol. The van der Waals surface area contributed by atoms with Crippen molar-refractivity contribution in [3.63, 3.8) is 0 Å². The number of piperidine rings is 1. The minimum Gasteiger partial charge on any atom is -0.458 e. The van der Waals surface area contributed by atoms with E-state index in [0.29, 0.717) is 23.3 Å². The molecule has 39 heavy (non-hydrogen) atoms. The van der Waals surface area contributed by atoms with E-state index in [-0.39, 0.29) is 18.4 Å². The van der Waals surface area contributed by atoms with Crippen molar-refractivity contribution in [2.45, 2.75) is 97.4 Å². The normalized spacial score (nSPS) is 18.8. The van der Waals surface area contributed by atoms with E-state index in [4.69, 9.17) is 9.47 Å². The maximum Gasteiger partial charge on any atom is 0.343 e. The van der Waals surface area contributed by atoms with Gasteiger partial charge in [0.25, 0.3) is 0 Å². The van der Waals surface area contributed by atoms with Gasteiger partial charge in [-0.25, -0.2) is 9.59 Å². The van der Waals surface area contributed by atoms with Crippen LogP contribution in [0.1, 0.15) is 83.1 Å². The lowest BCUT2D eigenvalue weighted by molar-refractivity contribution is -0.159. The minimum atomic E-state index is -0.835. The van der Waals surface area contributed by atoms with Crippen LogP contribution in [0.4, 0.5) is 0 Å². The lowest BCUT2D eigenvalue weighted by Gasteiger charge is -2.40. The first-order valence-electron chi connectivity index (χ1n) is 14.1. The van der Waals surface area contributed by atoms with Gasteiger partial charge in [-0.3, -0.25) is 9.69 Å². The fourth-order valence-electron chi connectivity index (χ4n) is 4.81. The maximum absolute atomic E-state index is 13.6. The molecule has 1 heterocycles. The molecule has 1 aliphatic heterocycles. The molecule has 0 radical (unpaired) electrons. The van der Waals surface area contributed by atoms with Crippen LogP contribution in [-0.4, -0.2) is 53.0 Å². The zero-order valence-electron chi connectivity index (χ0n) is 24.2. The number of amides is 1. The van der Waals surface area contributed by atoms with Crippen molar-refractivity contribution in [3.05, 3.63) is 65.7 Å². The molecule has 1 fully saturated rings. The Balaban J connectivity index is 1.72. The van der Waals surface area contributed by atoms with Crippen molar-refractivity contribution in [1.82, 2.24) is 10.2 Å². The van der Waals surface area contributed by atoms with Crippen LogP contribution in [0.3, 0.4) is 0 Å². The summed E-state index contributed by atoms with van der Waals surface area (Å²) in [4.78, 5) is 41.4. The van der Waals surface area contributed by atoms with Crippen LogP contribution in [0.2, 0.25) is 0 Å². The zero-order chi connectivity index (χ0) is 28.6. The van der Waals surface area contributed by atoms with Gasteiger partial charge in [0.1, 0.15) is 17.4 Å². The first-order valence-corrected chi connectivity index (χ1v) is 14.1. The molecule has 2 aromatic carbocycles. The molecule has 1 amide bonds. The Labute approximate surface area is 233 Å². The van der Waals surface area contributed by atoms with Gasteiger partial charge in [-0.15, -0.1) is 0 Å². The van der Waals surface area contributed by atoms with Crippen molar-refractivity contribution in [2.75, 3.05) is 6.54 Å². The second-order valence-electron chi connectivity index (χ2n) is 11.9. The third kappa shape index (κ3) is 9.50. The minimum absolute atomic E-state index is 0.130. The van der Waals surface area contributed by atoms with Crippen molar-refractivity contribution < 1.29 is 23.9 Å². The number of nitrogens with zero attached hydrogens (tertiary/aromatic N) is 1. The zero-order valence-corrected chi connectivity index (χ0v) is 24.2. The first-order chi connectivity index (χ1) is 18.4. The Morgan fingerprint density at radius 1 is 1.00 bits per heavy atom. The number of carbonyl (C=O) groups is 3. The average Bonchev–Trinajstić information content (AvgIpc) is 2.87. The van der Waals surface area contributed by atoms with Crippen LogP contribution in [0.25, 0.3) is 0 Å². The Hall–Kier alpha value is -3.19. The van der Waals surface area contributed by atoms with E-state index >= 15 is 0 Å². The SMILES string of the molecule is CC(C)CCN1C(C)CCCC1C(=O)N[C@@H](Cc1ccc(OC(=O)c2ccccc2)cc1)C(=O)OC(C)(C)C. The third-order valence-corrected chi connectivity index (χ3v) is 6.92. The highest BCUT2D eigenvalue weighted by molar-refractivity contribution is 5.91. The van der Waals surface area contributed by atoms with Gasteiger partial charge in [-0.1, -0.05) is 44.2 Å². The van der Waals surface area contributed by atoms with Gasteiger partial charge in [0.15, 0.2) is 0 Å². The summed E-state index contributed by atoms with van der Waals surface area (Å²) >= 11 is 0. The highest BCUT2D eigenvalue weighted by Gasteiger charge is 2.35. The van der Waals surface area contributed by atoms with Crippen LogP contribution in [0.15, 0.2) is 54.6 Å². The molecule has 1 saturated heterocycles. The van der Waals surface area contributed by atoms with Gasteiger partial charge in [0.2, 0.25) is 5.91 Å². The molecule has 3 atom stereocenters. The molecule has 3 rings (SSSR count). The Morgan fingerprint density at radius 3 is 2.28 bits per heavy atom. The molecule has 2 unspecified atom stereocenters. The molecule has 0 aliphatic carbocycles. The Kier molecular flexibility index (Phi) is 10.7. The van der Waals surface area contributed by atoms with Crippen molar-refractivity contribution in [1.29, 1.82) is 0 Å². The van der Waals surface area contributed by atoms with Gasteiger partial charge >= 0.3 is 11.9 Å². The second kappa shape index (κ2) is 13.7. The van der Waals surface area contributed by atoms with E-state index in [1.807, 2.05) is 26.8 Å². The number of likely N-dealkylation sites (tertiary alicyclic amines) is 1. The van der Waals surface area contributed by atoms with Crippen molar-refractivity contribution in [3.8, 4) is 5.75 Å². The van der Waals surface area contributed by atoms with E-state index in [1.54, 1.807) is 48.5 Å². The number of benzene rings is 2. The molecule has 7 heteroatoms. The third-order valence-electron chi connectivity index (χ3n) is 6.92. The number of esters is 2. The van der Waals surface area contributed by atoms with Crippen LogP contribution >= 0.6 is 0 Å². The monoisotopic (exact) mass is 536 g/mol. The molecule has 1 N–H and O–H groups in total. The van der Waals surface area contributed by atoms with Crippen LogP contribution < -0.4 is 10.1 Å². The number of hydrogen-bond acceptors (Lipinski definition) is 6. The quantitative estimate of drug-likeness (QED) is 0.316. The number of rotatable bonds is 10. The van der Waals surface area contributed by atoms with Gasteiger partial charge in [-0.2, -0.15) is 0 Å². The van der Waals surface area contributed by atoms with Crippen molar-refractivity contribution >= 4 is 17.8 Å². The van der Waals surface area contributed by atoms with Crippen LogP contribution in [0.5, 0.6) is 5.75 Å². The number of carbonyl (C=O) groups excluding carboxylic acids is 3. The molecule has 0 spiro atoms. The molecule has 7 nitrogen and oxygen atoms in total. The summed E-state index contributed by atoms with van der Waals surface area (Å²) in [5, 5.41) is 3.02. The Morgan fingerprint density at radius 2 is 1.67 bits per heavy atom. The summed E-state index contributed by atoms with van der Waals surface area (Å²) in [5.74, 6) is -0.0803. The van der Waals surface area contributed by atoms with Gasteiger partial charge in [0.05, 0.1) is 11.6 Å². The lowest BCUT2D eigenvalue weighted by atomic mass is 9.94. The summed E-state index contributed by atoms with van der Waals surface area (Å²) in [6.45, 7) is 12.9. The van der Waals surface area contributed by atoms with Crippen LogP contribution in [0, 0.1) is 5.92 Å². The second-order valence-corrected chi connectivity index (χ2v) is 11.9. The highest BCUT2D eigenvalue weighted by Crippen LogP contribution is 2.25. The van der Waals surface area contributed by atoms with E-state index in [0.717, 1.165) is 37.8 Å². The molecule has 212 valence electrons. The molecular formula is C32H44N2O5. The summed E-state index contributed by atoms with van der Waals surface area (Å²) in [5.41, 5.74) is 0.603. The van der Waals surface area contributed by atoms with Gasteiger partial charge in [-0.05, 0) is 95.7 Å². The highest BCUT2D eigenvalue weighted by atomic mass is 16.6. The van der Waals surface area contributed by atoms with Crippen molar-refractivity contribution in [2.24, 2.45) is 5.92 Å². The largest absolute Gasteiger partial charge is 0.458 e.